The first kappa shape index (κ1) is 21.4. The van der Waals surface area contributed by atoms with Gasteiger partial charge in [0.15, 0.2) is 0 Å². The Hall–Kier alpha value is -2.61. The van der Waals surface area contributed by atoms with Crippen LogP contribution in [0.3, 0.4) is 0 Å². The fraction of sp³-hybridized carbons (Fsp3) is 0.500. The van der Waals surface area contributed by atoms with Crippen LogP contribution in [-0.4, -0.2) is 42.2 Å². The first-order valence-electron chi connectivity index (χ1n) is 8.29. The molecule has 0 saturated heterocycles. The first-order chi connectivity index (χ1) is 12.1. The van der Waals surface area contributed by atoms with Crippen molar-refractivity contribution in [3.63, 3.8) is 0 Å². The van der Waals surface area contributed by atoms with E-state index in [2.05, 4.69) is 10.6 Å². The predicted octanol–water partition coefficient (Wildman–Crippen LogP) is 1.09. The van der Waals surface area contributed by atoms with Crippen molar-refractivity contribution in [2.75, 3.05) is 6.61 Å². The minimum Gasteiger partial charge on any atom is -0.444 e. The molecule has 0 aliphatic rings. The second-order valence-corrected chi connectivity index (χ2v) is 6.83. The van der Waals surface area contributed by atoms with Gasteiger partial charge in [0.05, 0.1) is 13.2 Å². The summed E-state index contributed by atoms with van der Waals surface area (Å²) in [5.41, 5.74) is 5.36. The van der Waals surface area contributed by atoms with E-state index in [9.17, 15) is 14.4 Å². The molecule has 0 aliphatic heterocycles. The molecule has 0 saturated carbocycles. The van der Waals surface area contributed by atoms with Gasteiger partial charge in [-0.25, -0.2) is 4.79 Å². The molecule has 0 spiro atoms. The van der Waals surface area contributed by atoms with Gasteiger partial charge in [-0.2, -0.15) is 0 Å². The molecule has 0 bridgehead atoms. The van der Waals surface area contributed by atoms with Gasteiger partial charge in [0.25, 0.3) is 0 Å². The van der Waals surface area contributed by atoms with Crippen LogP contribution in [0.4, 0.5) is 4.79 Å². The molecule has 8 heteroatoms. The lowest BCUT2D eigenvalue weighted by molar-refractivity contribution is -0.129. The van der Waals surface area contributed by atoms with Crippen molar-refractivity contribution < 1.29 is 23.9 Å². The third kappa shape index (κ3) is 8.48. The van der Waals surface area contributed by atoms with Gasteiger partial charge in [-0.3, -0.25) is 9.59 Å². The van der Waals surface area contributed by atoms with Crippen LogP contribution in [0.5, 0.6) is 0 Å². The highest BCUT2D eigenvalue weighted by Crippen LogP contribution is 2.07. The Morgan fingerprint density at radius 1 is 1.12 bits per heavy atom. The Balaban J connectivity index is 2.68. The number of hydrogen-bond acceptors (Lipinski definition) is 5. The van der Waals surface area contributed by atoms with Crippen molar-refractivity contribution in [2.45, 2.75) is 52.0 Å². The van der Waals surface area contributed by atoms with E-state index < -0.39 is 35.6 Å². The molecule has 0 fully saturated rings. The molecule has 0 radical (unpaired) electrons. The zero-order valence-corrected chi connectivity index (χ0v) is 15.6. The summed E-state index contributed by atoms with van der Waals surface area (Å²) >= 11 is 0. The van der Waals surface area contributed by atoms with E-state index in [1.807, 2.05) is 30.3 Å². The molecule has 1 aromatic rings. The molecule has 0 unspecified atom stereocenters. The topological polar surface area (TPSA) is 120 Å². The summed E-state index contributed by atoms with van der Waals surface area (Å²) in [4.78, 5) is 35.4. The number of ether oxygens (including phenoxy) is 2. The number of carbonyl (C=O) groups excluding carboxylic acids is 3. The van der Waals surface area contributed by atoms with E-state index >= 15 is 0 Å². The van der Waals surface area contributed by atoms with Crippen molar-refractivity contribution in [2.24, 2.45) is 5.73 Å². The van der Waals surface area contributed by atoms with Crippen LogP contribution in [0.2, 0.25) is 0 Å². The average molecular weight is 365 g/mol. The van der Waals surface area contributed by atoms with Crippen molar-refractivity contribution in [1.29, 1.82) is 0 Å². The minimum atomic E-state index is -1.03. The number of rotatable bonds is 8. The second-order valence-electron chi connectivity index (χ2n) is 6.83. The highest BCUT2D eigenvalue weighted by Gasteiger charge is 2.26. The van der Waals surface area contributed by atoms with Gasteiger partial charge >= 0.3 is 6.09 Å². The summed E-state index contributed by atoms with van der Waals surface area (Å²) in [6.45, 7) is 6.77. The van der Waals surface area contributed by atoms with Crippen LogP contribution in [0, 0.1) is 0 Å². The Kier molecular flexibility index (Phi) is 8.05. The monoisotopic (exact) mass is 365 g/mol. The van der Waals surface area contributed by atoms with Crippen molar-refractivity contribution in [1.82, 2.24) is 10.6 Å². The number of alkyl carbamates (subject to hydrolysis) is 1. The van der Waals surface area contributed by atoms with Crippen molar-refractivity contribution >= 4 is 17.9 Å². The van der Waals surface area contributed by atoms with Crippen LogP contribution < -0.4 is 16.4 Å². The first-order valence-corrected chi connectivity index (χ1v) is 8.29. The number of carbonyl (C=O) groups is 3. The van der Waals surface area contributed by atoms with Gasteiger partial charge in [0.1, 0.15) is 17.7 Å². The smallest absolute Gasteiger partial charge is 0.408 e. The summed E-state index contributed by atoms with van der Waals surface area (Å²) in [5.74, 6) is -1.27. The van der Waals surface area contributed by atoms with Crippen LogP contribution in [0.15, 0.2) is 30.3 Å². The Morgan fingerprint density at radius 2 is 1.73 bits per heavy atom. The van der Waals surface area contributed by atoms with Crippen LogP contribution in [0.25, 0.3) is 0 Å². The third-order valence-corrected chi connectivity index (χ3v) is 3.19. The fourth-order valence-electron chi connectivity index (χ4n) is 1.89. The maximum absolute atomic E-state index is 12.3. The zero-order valence-electron chi connectivity index (χ0n) is 15.6. The normalized spacial score (nSPS) is 13.4. The largest absolute Gasteiger partial charge is 0.444 e. The zero-order chi connectivity index (χ0) is 19.7. The average Bonchev–Trinajstić information content (AvgIpc) is 2.53. The summed E-state index contributed by atoms with van der Waals surface area (Å²) in [7, 11) is 0. The second kappa shape index (κ2) is 9.76. The van der Waals surface area contributed by atoms with Gasteiger partial charge in [-0.1, -0.05) is 30.3 Å². The predicted molar refractivity (Wildman–Crippen MR) is 96.1 cm³/mol. The van der Waals surface area contributed by atoms with E-state index in [0.717, 1.165) is 5.56 Å². The number of nitrogens with two attached hydrogens (primary N) is 1. The molecule has 0 heterocycles. The molecule has 0 aliphatic carbocycles. The summed E-state index contributed by atoms with van der Waals surface area (Å²) < 4.78 is 10.7. The maximum atomic E-state index is 12.3. The Labute approximate surface area is 153 Å². The lowest BCUT2D eigenvalue weighted by Gasteiger charge is -2.24. The highest BCUT2D eigenvalue weighted by molar-refractivity contribution is 5.90. The molecule has 1 rings (SSSR count). The summed E-state index contributed by atoms with van der Waals surface area (Å²) in [5, 5.41) is 4.89. The van der Waals surface area contributed by atoms with E-state index in [0.29, 0.717) is 0 Å². The van der Waals surface area contributed by atoms with Crippen LogP contribution in [0.1, 0.15) is 33.3 Å². The number of benzene rings is 1. The maximum Gasteiger partial charge on any atom is 0.408 e. The molecular weight excluding hydrogens is 338 g/mol. The molecule has 2 atom stereocenters. The van der Waals surface area contributed by atoms with Crippen molar-refractivity contribution in [3.8, 4) is 0 Å². The van der Waals surface area contributed by atoms with Gasteiger partial charge in [0.2, 0.25) is 11.8 Å². The molecule has 26 heavy (non-hydrogen) atoms. The van der Waals surface area contributed by atoms with Crippen molar-refractivity contribution in [3.05, 3.63) is 35.9 Å². The summed E-state index contributed by atoms with van der Waals surface area (Å²) in [6.07, 6.45) is -0.757. The number of primary amides is 1. The number of hydrogen-bond donors (Lipinski definition) is 3. The number of nitrogens with one attached hydrogen (secondary N) is 2. The fourth-order valence-corrected chi connectivity index (χ4v) is 1.89. The minimum absolute atomic E-state index is 0.0918. The van der Waals surface area contributed by atoms with Gasteiger partial charge in [-0.05, 0) is 33.3 Å². The molecule has 1 aromatic carbocycles. The van der Waals surface area contributed by atoms with E-state index in [1.54, 1.807) is 20.8 Å². The van der Waals surface area contributed by atoms with Gasteiger partial charge in [0, 0.05) is 0 Å². The molecule has 144 valence electrons. The Morgan fingerprint density at radius 3 is 2.27 bits per heavy atom. The third-order valence-electron chi connectivity index (χ3n) is 3.19. The van der Waals surface area contributed by atoms with E-state index in [1.165, 1.54) is 6.92 Å². The molecule has 4 N–H and O–H groups in total. The Bertz CT molecular complexity index is 613. The van der Waals surface area contributed by atoms with Gasteiger partial charge < -0.3 is 25.8 Å². The highest BCUT2D eigenvalue weighted by atomic mass is 16.6. The van der Waals surface area contributed by atoms with Crippen LogP contribution >= 0.6 is 0 Å². The quantitative estimate of drug-likeness (QED) is 0.637. The SMILES string of the molecule is C[C@@H](NC(=O)[C@H](COCc1ccccc1)NC(=O)OC(C)(C)C)C(N)=O. The van der Waals surface area contributed by atoms with E-state index in [4.69, 9.17) is 15.2 Å². The molecule has 0 aromatic heterocycles. The standard InChI is InChI=1S/C18H27N3O5/c1-12(15(19)22)20-16(23)14(21-17(24)26-18(2,3)4)11-25-10-13-8-6-5-7-9-13/h5-9,12,14H,10-11H2,1-4H3,(H2,19,22)(H,20,23)(H,21,24)/t12-,14+/m1/s1. The lowest BCUT2D eigenvalue weighted by atomic mass is 10.2. The van der Waals surface area contributed by atoms with Gasteiger partial charge in [-0.15, -0.1) is 0 Å². The number of amides is 3. The molecular formula is C18H27N3O5. The molecule has 3 amide bonds. The van der Waals surface area contributed by atoms with E-state index in [-0.39, 0.29) is 13.2 Å². The summed E-state index contributed by atoms with van der Waals surface area (Å²) in [6, 6.07) is 7.48. The molecule has 8 nitrogen and oxygen atoms in total. The lowest BCUT2D eigenvalue weighted by Crippen LogP contribution is -2.54. The van der Waals surface area contributed by atoms with Crippen LogP contribution in [-0.2, 0) is 25.7 Å².